The Balaban J connectivity index is 1.24. The molecule has 4 rings (SSSR count). The fourth-order valence-electron chi connectivity index (χ4n) is 4.42. The minimum atomic E-state index is 0.354. The van der Waals surface area contributed by atoms with Gasteiger partial charge in [-0.3, -0.25) is 9.48 Å². The highest BCUT2D eigenvalue weighted by Gasteiger charge is 2.28. The Morgan fingerprint density at radius 2 is 1.96 bits per heavy atom. The van der Waals surface area contributed by atoms with Crippen LogP contribution < -0.4 is 0 Å². The van der Waals surface area contributed by atoms with Crippen LogP contribution in [0.3, 0.4) is 0 Å². The molecule has 1 aromatic heterocycles. The summed E-state index contributed by atoms with van der Waals surface area (Å²) in [5.74, 6) is 1.51. The molecule has 0 unspecified atom stereocenters. The van der Waals surface area contributed by atoms with Gasteiger partial charge in [0.1, 0.15) is 0 Å². The first-order valence-electron chi connectivity index (χ1n) is 9.62. The highest BCUT2D eigenvalue weighted by atomic mass is 16.2. The number of amides is 1. The van der Waals surface area contributed by atoms with Crippen LogP contribution in [0.1, 0.15) is 49.1 Å². The van der Waals surface area contributed by atoms with Crippen molar-refractivity contribution in [2.45, 2.75) is 51.0 Å². The van der Waals surface area contributed by atoms with E-state index in [1.165, 1.54) is 17.5 Å². The van der Waals surface area contributed by atoms with Gasteiger partial charge in [-0.25, -0.2) is 0 Å². The van der Waals surface area contributed by atoms with Crippen molar-refractivity contribution in [1.29, 1.82) is 0 Å². The molecule has 0 radical (unpaired) electrons. The molecular formula is C21H27N3O. The maximum atomic E-state index is 12.7. The Labute approximate surface area is 149 Å². The zero-order valence-corrected chi connectivity index (χ0v) is 14.8. The fraction of sp³-hybridized carbons (Fsp3) is 0.524. The van der Waals surface area contributed by atoms with E-state index < -0.39 is 0 Å². The molecular weight excluding hydrogens is 310 g/mol. The largest absolute Gasteiger partial charge is 0.343 e. The summed E-state index contributed by atoms with van der Waals surface area (Å²) in [6, 6.07) is 10.6. The summed E-state index contributed by atoms with van der Waals surface area (Å²) >= 11 is 0. The number of rotatable bonds is 5. The molecule has 1 aliphatic carbocycles. The maximum Gasteiger partial charge on any atom is 0.223 e. The first-order valence-corrected chi connectivity index (χ1v) is 9.62. The molecule has 1 saturated heterocycles. The molecule has 0 N–H and O–H groups in total. The third kappa shape index (κ3) is 3.78. The first-order chi connectivity index (χ1) is 12.3. The lowest BCUT2D eigenvalue weighted by atomic mass is 9.92. The molecule has 4 nitrogen and oxygen atoms in total. The van der Waals surface area contributed by atoms with Crippen LogP contribution in [0.15, 0.2) is 42.7 Å². The van der Waals surface area contributed by atoms with Crippen molar-refractivity contribution in [3.8, 4) is 0 Å². The van der Waals surface area contributed by atoms with Crippen LogP contribution in [0.2, 0.25) is 0 Å². The smallest absolute Gasteiger partial charge is 0.223 e. The average molecular weight is 337 g/mol. The predicted octanol–water partition coefficient (Wildman–Crippen LogP) is 3.63. The lowest BCUT2D eigenvalue weighted by Crippen LogP contribution is -2.39. The van der Waals surface area contributed by atoms with Crippen LogP contribution in [-0.4, -0.2) is 33.7 Å². The van der Waals surface area contributed by atoms with E-state index in [0.717, 1.165) is 51.2 Å². The van der Waals surface area contributed by atoms with Gasteiger partial charge in [-0.1, -0.05) is 24.3 Å². The van der Waals surface area contributed by atoms with E-state index >= 15 is 0 Å². The molecule has 0 saturated carbocycles. The number of likely N-dealkylation sites (tertiary alicyclic amines) is 1. The number of carbonyl (C=O) groups excluding carboxylic acids is 1. The second-order valence-electron chi connectivity index (χ2n) is 7.52. The van der Waals surface area contributed by atoms with Crippen LogP contribution in [-0.2, 0) is 17.8 Å². The number of hydrogen-bond donors (Lipinski definition) is 0. The summed E-state index contributed by atoms with van der Waals surface area (Å²) in [7, 11) is 0. The number of hydrogen-bond acceptors (Lipinski definition) is 2. The maximum absolute atomic E-state index is 12.7. The molecule has 25 heavy (non-hydrogen) atoms. The molecule has 4 heteroatoms. The highest BCUT2D eigenvalue weighted by molar-refractivity contribution is 5.77. The van der Waals surface area contributed by atoms with Gasteiger partial charge in [0.15, 0.2) is 0 Å². The number of piperidine rings is 1. The third-order valence-electron chi connectivity index (χ3n) is 5.97. The molecule has 1 aliphatic heterocycles. The Morgan fingerprint density at radius 1 is 1.12 bits per heavy atom. The van der Waals surface area contributed by atoms with Gasteiger partial charge in [-0.2, -0.15) is 5.10 Å². The minimum absolute atomic E-state index is 0.354. The molecule has 132 valence electrons. The molecule has 2 heterocycles. The second kappa shape index (κ2) is 7.42. The van der Waals surface area contributed by atoms with E-state index in [-0.39, 0.29) is 0 Å². The van der Waals surface area contributed by atoms with Gasteiger partial charge in [-0.15, -0.1) is 0 Å². The number of benzene rings is 1. The molecule has 1 fully saturated rings. The molecule has 2 aromatic rings. The summed E-state index contributed by atoms with van der Waals surface area (Å²) in [5, 5.41) is 4.27. The molecule has 1 atom stereocenters. The van der Waals surface area contributed by atoms with Gasteiger partial charge in [0.05, 0.1) is 0 Å². The number of carbonyl (C=O) groups is 1. The van der Waals surface area contributed by atoms with E-state index in [4.69, 9.17) is 0 Å². The van der Waals surface area contributed by atoms with Gasteiger partial charge in [0, 0.05) is 38.4 Å². The van der Waals surface area contributed by atoms with Gasteiger partial charge in [-0.05, 0) is 61.1 Å². The summed E-state index contributed by atoms with van der Waals surface area (Å²) in [4.78, 5) is 14.8. The summed E-state index contributed by atoms with van der Waals surface area (Å²) in [6.45, 7) is 2.85. The van der Waals surface area contributed by atoms with E-state index in [0.29, 0.717) is 18.2 Å². The number of aryl methyl sites for hydroxylation is 2. The van der Waals surface area contributed by atoms with Crippen LogP contribution >= 0.6 is 0 Å². The number of fused-ring (bicyclic) bond motifs is 1. The lowest BCUT2D eigenvalue weighted by Gasteiger charge is -2.32. The first kappa shape index (κ1) is 16.4. The Hall–Kier alpha value is -2.10. The minimum Gasteiger partial charge on any atom is -0.343 e. The van der Waals surface area contributed by atoms with Crippen LogP contribution in [0.4, 0.5) is 0 Å². The zero-order valence-electron chi connectivity index (χ0n) is 14.8. The van der Waals surface area contributed by atoms with Crippen molar-refractivity contribution in [1.82, 2.24) is 14.7 Å². The topological polar surface area (TPSA) is 38.1 Å². The van der Waals surface area contributed by atoms with Gasteiger partial charge >= 0.3 is 0 Å². The van der Waals surface area contributed by atoms with Gasteiger partial charge in [0.2, 0.25) is 5.91 Å². The van der Waals surface area contributed by atoms with Crippen molar-refractivity contribution in [2.24, 2.45) is 5.92 Å². The Morgan fingerprint density at radius 3 is 2.76 bits per heavy atom. The lowest BCUT2D eigenvalue weighted by molar-refractivity contribution is -0.133. The molecule has 0 bridgehead atoms. The Bertz CT molecular complexity index is 702. The van der Waals surface area contributed by atoms with E-state index in [1.54, 1.807) is 0 Å². The molecule has 1 amide bonds. The standard InChI is InChI=1S/C21H27N3O/c25-21(16-19-7-6-18-4-1-2-5-20(18)19)23-13-8-17(9-14-23)10-15-24-12-3-11-22-24/h1-5,11-12,17,19H,6-10,13-16H2/t19-/m1/s1. The number of aromatic nitrogens is 2. The zero-order chi connectivity index (χ0) is 17.1. The SMILES string of the molecule is O=C(C[C@H]1CCc2ccccc21)N1CCC(CCn2cccn2)CC1. The quantitative estimate of drug-likeness (QED) is 0.835. The summed E-state index contributed by atoms with van der Waals surface area (Å²) in [6.07, 6.45) is 10.2. The van der Waals surface area contributed by atoms with Crippen LogP contribution in [0.25, 0.3) is 0 Å². The fourth-order valence-corrected chi connectivity index (χ4v) is 4.42. The summed E-state index contributed by atoms with van der Waals surface area (Å²) < 4.78 is 2.01. The van der Waals surface area contributed by atoms with E-state index in [9.17, 15) is 4.79 Å². The number of nitrogens with zero attached hydrogens (tertiary/aromatic N) is 3. The highest BCUT2D eigenvalue weighted by Crippen LogP contribution is 2.36. The predicted molar refractivity (Wildman–Crippen MR) is 98.3 cm³/mol. The van der Waals surface area contributed by atoms with Crippen molar-refractivity contribution < 1.29 is 4.79 Å². The Kier molecular flexibility index (Phi) is 4.86. The average Bonchev–Trinajstić information content (AvgIpc) is 3.31. The van der Waals surface area contributed by atoms with Crippen molar-refractivity contribution >= 4 is 5.91 Å². The second-order valence-corrected chi connectivity index (χ2v) is 7.52. The molecule has 2 aliphatic rings. The summed E-state index contributed by atoms with van der Waals surface area (Å²) in [5.41, 5.74) is 2.85. The van der Waals surface area contributed by atoms with Gasteiger partial charge in [0.25, 0.3) is 0 Å². The van der Waals surface area contributed by atoms with Crippen molar-refractivity contribution in [3.05, 3.63) is 53.9 Å². The van der Waals surface area contributed by atoms with Crippen molar-refractivity contribution in [3.63, 3.8) is 0 Å². The normalized spacial score (nSPS) is 20.6. The van der Waals surface area contributed by atoms with E-state index in [2.05, 4.69) is 34.3 Å². The monoisotopic (exact) mass is 337 g/mol. The third-order valence-corrected chi connectivity index (χ3v) is 5.97. The molecule has 1 aromatic carbocycles. The van der Waals surface area contributed by atoms with Crippen molar-refractivity contribution in [2.75, 3.05) is 13.1 Å². The van der Waals surface area contributed by atoms with Gasteiger partial charge < -0.3 is 4.90 Å². The van der Waals surface area contributed by atoms with E-state index in [1.807, 2.05) is 23.1 Å². The molecule has 0 spiro atoms. The van der Waals surface area contributed by atoms with Crippen LogP contribution in [0.5, 0.6) is 0 Å². The van der Waals surface area contributed by atoms with Crippen LogP contribution in [0, 0.1) is 5.92 Å².